The zero-order valence-electron chi connectivity index (χ0n) is 25.3. The molecular formula is C32H47N3O4. The van der Waals surface area contributed by atoms with E-state index in [1.165, 1.54) is 0 Å². The first-order chi connectivity index (χ1) is 18.2. The molecule has 7 nitrogen and oxygen atoms in total. The molecule has 0 heterocycles. The Balaban J connectivity index is 2.62. The van der Waals surface area contributed by atoms with Gasteiger partial charge >= 0.3 is 6.09 Å². The van der Waals surface area contributed by atoms with Crippen LogP contribution in [0.1, 0.15) is 89.6 Å². The Morgan fingerprint density at radius 3 is 1.97 bits per heavy atom. The van der Waals surface area contributed by atoms with E-state index in [1.807, 2.05) is 90.9 Å². The van der Waals surface area contributed by atoms with Gasteiger partial charge in [0.1, 0.15) is 17.7 Å². The Hall–Kier alpha value is -3.35. The van der Waals surface area contributed by atoms with Crippen LogP contribution in [0.3, 0.4) is 0 Å². The number of hydrogen-bond donors (Lipinski definition) is 2. The quantitative estimate of drug-likeness (QED) is 0.347. The maximum Gasteiger partial charge on any atom is 0.408 e. The summed E-state index contributed by atoms with van der Waals surface area (Å²) in [5.74, 6) is -0.488. The Bertz CT molecular complexity index is 1130. The van der Waals surface area contributed by atoms with Crippen molar-refractivity contribution in [3.63, 3.8) is 0 Å². The number of aryl methyl sites for hydroxylation is 3. The first kappa shape index (κ1) is 31.9. The Morgan fingerprint density at radius 1 is 0.897 bits per heavy atom. The molecule has 0 saturated carbocycles. The maximum atomic E-state index is 14.4. The molecule has 2 aromatic carbocycles. The van der Waals surface area contributed by atoms with Crippen LogP contribution < -0.4 is 10.6 Å². The zero-order valence-corrected chi connectivity index (χ0v) is 25.3. The Kier molecular flexibility index (Phi) is 11.1. The predicted octanol–water partition coefficient (Wildman–Crippen LogP) is 6.86. The lowest BCUT2D eigenvalue weighted by molar-refractivity contribution is -0.143. The summed E-state index contributed by atoms with van der Waals surface area (Å²) in [5, 5.41) is 5.93. The van der Waals surface area contributed by atoms with Crippen molar-refractivity contribution in [2.45, 2.75) is 106 Å². The van der Waals surface area contributed by atoms with Gasteiger partial charge in [-0.3, -0.25) is 9.59 Å². The minimum absolute atomic E-state index is 0.119. The van der Waals surface area contributed by atoms with E-state index >= 15 is 0 Å². The summed E-state index contributed by atoms with van der Waals surface area (Å²) in [4.78, 5) is 43.0. The van der Waals surface area contributed by atoms with Crippen LogP contribution in [0.4, 0.5) is 10.5 Å². The standard InChI is InChI=1S/C32H47N3O4/c1-11-24(7)35(30(37)26(19-20(2)3)33-31(38)39-32(8,9)10)28(25-18-13-12-15-21(25)4)29(36)34-27-22(5)16-14-17-23(27)6/h12-18,20,24,26,28H,11,19H2,1-10H3,(H,33,38)(H,34,36). The number of hydrogen-bond acceptors (Lipinski definition) is 4. The number of amides is 3. The van der Waals surface area contributed by atoms with Gasteiger partial charge in [-0.25, -0.2) is 4.79 Å². The highest BCUT2D eigenvalue weighted by molar-refractivity contribution is 6.00. The average Bonchev–Trinajstić information content (AvgIpc) is 2.82. The van der Waals surface area contributed by atoms with Gasteiger partial charge in [0.2, 0.25) is 5.91 Å². The molecule has 0 spiro atoms. The van der Waals surface area contributed by atoms with Crippen LogP contribution in [0.15, 0.2) is 42.5 Å². The van der Waals surface area contributed by atoms with Gasteiger partial charge in [0.25, 0.3) is 5.91 Å². The van der Waals surface area contributed by atoms with Crippen molar-refractivity contribution in [1.82, 2.24) is 10.2 Å². The lowest BCUT2D eigenvalue weighted by atomic mass is 9.94. The summed E-state index contributed by atoms with van der Waals surface area (Å²) in [6.45, 7) is 19.1. The van der Waals surface area contributed by atoms with E-state index in [9.17, 15) is 14.4 Å². The molecule has 3 atom stereocenters. The summed E-state index contributed by atoms with van der Waals surface area (Å²) < 4.78 is 5.48. The van der Waals surface area contributed by atoms with Gasteiger partial charge in [0.05, 0.1) is 0 Å². The van der Waals surface area contributed by atoms with Crippen molar-refractivity contribution >= 4 is 23.6 Å². The summed E-state index contributed by atoms with van der Waals surface area (Å²) >= 11 is 0. The molecule has 7 heteroatoms. The predicted molar refractivity (Wildman–Crippen MR) is 158 cm³/mol. The fraction of sp³-hybridized carbons (Fsp3) is 0.531. The van der Waals surface area contributed by atoms with Crippen LogP contribution in [-0.2, 0) is 14.3 Å². The van der Waals surface area contributed by atoms with Gasteiger partial charge in [-0.2, -0.15) is 0 Å². The summed E-state index contributed by atoms with van der Waals surface area (Å²) in [7, 11) is 0. The van der Waals surface area contributed by atoms with E-state index in [1.54, 1.807) is 25.7 Å². The van der Waals surface area contributed by atoms with Crippen molar-refractivity contribution in [3.8, 4) is 0 Å². The van der Waals surface area contributed by atoms with Crippen LogP contribution in [0.25, 0.3) is 0 Å². The second-order valence-electron chi connectivity index (χ2n) is 11.8. The van der Waals surface area contributed by atoms with Gasteiger partial charge in [-0.1, -0.05) is 63.2 Å². The lowest BCUT2D eigenvalue weighted by Crippen LogP contribution is -2.55. The Labute approximate surface area is 234 Å². The minimum atomic E-state index is -0.900. The fourth-order valence-electron chi connectivity index (χ4n) is 4.63. The van der Waals surface area contributed by atoms with Crippen molar-refractivity contribution < 1.29 is 19.1 Å². The Morgan fingerprint density at radius 2 is 1.46 bits per heavy atom. The maximum absolute atomic E-state index is 14.4. The number of carbonyl (C=O) groups excluding carboxylic acids is 3. The second kappa shape index (κ2) is 13.6. The van der Waals surface area contributed by atoms with Gasteiger partial charge in [-0.15, -0.1) is 0 Å². The molecule has 214 valence electrons. The monoisotopic (exact) mass is 537 g/mol. The van der Waals surface area contributed by atoms with E-state index in [0.717, 1.165) is 27.9 Å². The number of alkyl carbamates (subject to hydrolysis) is 1. The molecule has 2 N–H and O–H groups in total. The number of nitrogens with one attached hydrogen (secondary N) is 2. The molecule has 3 amide bonds. The average molecular weight is 538 g/mol. The van der Waals surface area contributed by atoms with Crippen LogP contribution >= 0.6 is 0 Å². The first-order valence-electron chi connectivity index (χ1n) is 13.9. The topological polar surface area (TPSA) is 87.7 Å². The first-order valence-corrected chi connectivity index (χ1v) is 13.9. The summed E-state index contributed by atoms with van der Waals surface area (Å²) in [5.41, 5.74) is 3.57. The normalized spacial score (nSPS) is 13.8. The highest BCUT2D eigenvalue weighted by Gasteiger charge is 2.39. The summed E-state index contributed by atoms with van der Waals surface area (Å²) in [6, 6.07) is 11.5. The highest BCUT2D eigenvalue weighted by Crippen LogP contribution is 2.31. The SMILES string of the molecule is CCC(C)N(C(=O)C(CC(C)C)NC(=O)OC(C)(C)C)C(C(=O)Nc1c(C)cccc1C)c1ccccc1C. The van der Waals surface area contributed by atoms with E-state index in [-0.39, 0.29) is 23.8 Å². The van der Waals surface area contributed by atoms with Gasteiger partial charge in [-0.05, 0) is 89.5 Å². The van der Waals surface area contributed by atoms with Crippen LogP contribution in [0.5, 0.6) is 0 Å². The molecule has 39 heavy (non-hydrogen) atoms. The molecule has 0 aliphatic carbocycles. The molecule has 0 saturated heterocycles. The molecule has 3 unspecified atom stereocenters. The molecule has 0 aliphatic heterocycles. The number of nitrogens with zero attached hydrogens (tertiary/aromatic N) is 1. The van der Waals surface area contributed by atoms with E-state index < -0.39 is 23.8 Å². The van der Waals surface area contributed by atoms with Crippen molar-refractivity contribution in [2.75, 3.05) is 5.32 Å². The number of rotatable bonds is 10. The van der Waals surface area contributed by atoms with E-state index in [2.05, 4.69) is 10.6 Å². The van der Waals surface area contributed by atoms with Crippen molar-refractivity contribution in [2.24, 2.45) is 5.92 Å². The molecular weight excluding hydrogens is 490 g/mol. The second-order valence-corrected chi connectivity index (χ2v) is 11.8. The lowest BCUT2D eigenvalue weighted by Gasteiger charge is -2.39. The molecule has 2 aromatic rings. The molecule has 2 rings (SSSR count). The van der Waals surface area contributed by atoms with Crippen molar-refractivity contribution in [3.05, 3.63) is 64.7 Å². The molecule has 0 bridgehead atoms. The molecule has 0 aromatic heterocycles. The third kappa shape index (κ3) is 8.84. The van der Waals surface area contributed by atoms with Crippen LogP contribution in [0, 0.1) is 26.7 Å². The molecule has 0 aliphatic rings. The number of anilines is 1. The smallest absolute Gasteiger partial charge is 0.408 e. The van der Waals surface area contributed by atoms with Gasteiger partial charge in [0.15, 0.2) is 0 Å². The number of ether oxygens (including phenoxy) is 1. The fourth-order valence-corrected chi connectivity index (χ4v) is 4.63. The minimum Gasteiger partial charge on any atom is -0.444 e. The highest BCUT2D eigenvalue weighted by atomic mass is 16.6. The van der Waals surface area contributed by atoms with Crippen LogP contribution in [0.2, 0.25) is 0 Å². The van der Waals surface area contributed by atoms with E-state index in [4.69, 9.17) is 4.74 Å². The third-order valence-electron chi connectivity index (χ3n) is 6.76. The number of carbonyl (C=O) groups is 3. The van der Waals surface area contributed by atoms with E-state index in [0.29, 0.717) is 12.8 Å². The number of benzene rings is 2. The van der Waals surface area contributed by atoms with Crippen molar-refractivity contribution in [1.29, 1.82) is 0 Å². The van der Waals surface area contributed by atoms with Gasteiger partial charge in [0, 0.05) is 11.7 Å². The molecule has 0 fully saturated rings. The zero-order chi connectivity index (χ0) is 29.5. The summed E-state index contributed by atoms with van der Waals surface area (Å²) in [6.07, 6.45) is 0.383. The third-order valence-corrected chi connectivity index (χ3v) is 6.76. The van der Waals surface area contributed by atoms with Gasteiger partial charge < -0.3 is 20.3 Å². The molecule has 0 radical (unpaired) electrons. The number of para-hydroxylation sites is 1. The largest absolute Gasteiger partial charge is 0.444 e. The van der Waals surface area contributed by atoms with Crippen LogP contribution in [-0.4, -0.2) is 40.5 Å².